The van der Waals surface area contributed by atoms with Gasteiger partial charge in [0.1, 0.15) is 0 Å². The van der Waals surface area contributed by atoms with Gasteiger partial charge in [-0.3, -0.25) is 0 Å². The van der Waals surface area contributed by atoms with E-state index in [4.69, 9.17) is 0 Å². The molecule has 0 aliphatic rings. The summed E-state index contributed by atoms with van der Waals surface area (Å²) in [5, 5.41) is 0. The monoisotopic (exact) mass is 403 g/mol. The molecule has 0 bridgehead atoms. The fraction of sp³-hybridized carbons (Fsp3) is 0.393. The minimum absolute atomic E-state index is 0.331. The summed E-state index contributed by atoms with van der Waals surface area (Å²) in [5.74, 6) is -0.331. The van der Waals surface area contributed by atoms with Crippen molar-refractivity contribution in [1.82, 2.24) is 4.98 Å². The highest BCUT2D eigenvalue weighted by Gasteiger charge is 2.07. The number of halogens is 1. The third-order valence-corrected chi connectivity index (χ3v) is 5.76. The molecule has 0 saturated carbocycles. The van der Waals surface area contributed by atoms with Crippen LogP contribution in [0.1, 0.15) is 69.9 Å². The van der Waals surface area contributed by atoms with Crippen molar-refractivity contribution in [3.05, 3.63) is 77.7 Å². The van der Waals surface area contributed by atoms with Crippen LogP contribution in [0, 0.1) is 5.95 Å². The largest absolute Gasteiger partial charge is 0.219 e. The van der Waals surface area contributed by atoms with E-state index >= 15 is 0 Å². The van der Waals surface area contributed by atoms with Gasteiger partial charge in [-0.2, -0.15) is 4.39 Å². The number of nitrogens with zero attached hydrogens (tertiary/aromatic N) is 1. The Hall–Kier alpha value is -2.48. The Labute approximate surface area is 181 Å². The van der Waals surface area contributed by atoms with Gasteiger partial charge >= 0.3 is 0 Å². The van der Waals surface area contributed by atoms with Gasteiger partial charge in [0, 0.05) is 11.1 Å². The molecular weight excluding hydrogens is 369 g/mol. The van der Waals surface area contributed by atoms with Gasteiger partial charge in [-0.15, -0.1) is 0 Å². The number of aromatic nitrogens is 1. The predicted octanol–water partition coefficient (Wildman–Crippen LogP) is 8.41. The van der Waals surface area contributed by atoms with Gasteiger partial charge in [-0.1, -0.05) is 101 Å². The Morgan fingerprint density at radius 3 is 1.80 bits per heavy atom. The van der Waals surface area contributed by atoms with Crippen molar-refractivity contribution in [1.29, 1.82) is 0 Å². The Morgan fingerprint density at radius 2 is 1.17 bits per heavy atom. The number of aryl methyl sites for hydroxylation is 2. The van der Waals surface area contributed by atoms with Gasteiger partial charge in [0.15, 0.2) is 0 Å². The Bertz CT molecular complexity index is 897. The third kappa shape index (κ3) is 6.26. The standard InChI is InChI=1S/C28H34FN/c1-3-5-7-9-10-22-12-14-23(15-13-22)24-16-18-25(19-17-24)27-21-20-26(28(29)30-27)11-8-6-4-2/h12-21H,3-11H2,1-2H3. The van der Waals surface area contributed by atoms with Crippen LogP contribution in [0.5, 0.6) is 0 Å². The van der Waals surface area contributed by atoms with Gasteiger partial charge in [-0.25, -0.2) is 4.98 Å². The van der Waals surface area contributed by atoms with E-state index in [0.29, 0.717) is 5.69 Å². The lowest BCUT2D eigenvalue weighted by Crippen LogP contribution is -1.96. The zero-order chi connectivity index (χ0) is 21.2. The molecule has 3 aromatic rings. The molecular formula is C28H34FN. The lowest BCUT2D eigenvalue weighted by atomic mass is 9.99. The van der Waals surface area contributed by atoms with E-state index in [9.17, 15) is 4.39 Å². The predicted molar refractivity (Wildman–Crippen MR) is 126 cm³/mol. The summed E-state index contributed by atoms with van der Waals surface area (Å²) < 4.78 is 14.4. The van der Waals surface area contributed by atoms with Crippen LogP contribution in [0.3, 0.4) is 0 Å². The molecule has 0 unspecified atom stereocenters. The highest BCUT2D eigenvalue weighted by molar-refractivity contribution is 5.69. The highest BCUT2D eigenvalue weighted by Crippen LogP contribution is 2.25. The van der Waals surface area contributed by atoms with Crippen LogP contribution in [0.25, 0.3) is 22.4 Å². The molecule has 1 aromatic heterocycles. The number of rotatable bonds is 11. The minimum atomic E-state index is -0.331. The smallest absolute Gasteiger partial charge is 0.216 e. The second kappa shape index (κ2) is 11.6. The van der Waals surface area contributed by atoms with E-state index in [-0.39, 0.29) is 5.95 Å². The first-order valence-electron chi connectivity index (χ1n) is 11.6. The van der Waals surface area contributed by atoms with Crippen LogP contribution in [-0.2, 0) is 12.8 Å². The average molecular weight is 404 g/mol. The SMILES string of the molecule is CCCCCCc1ccc(-c2ccc(-c3ccc(CCCCC)c(F)n3)cc2)cc1. The second-order valence-corrected chi connectivity index (χ2v) is 8.19. The summed E-state index contributed by atoms with van der Waals surface area (Å²) in [4.78, 5) is 4.21. The van der Waals surface area contributed by atoms with Crippen LogP contribution in [0.2, 0.25) is 0 Å². The first-order valence-corrected chi connectivity index (χ1v) is 11.6. The molecule has 0 atom stereocenters. The maximum atomic E-state index is 14.4. The molecule has 0 fully saturated rings. The summed E-state index contributed by atoms with van der Waals surface area (Å²) in [6.45, 7) is 4.40. The molecule has 0 aliphatic carbocycles. The Morgan fingerprint density at radius 1 is 0.600 bits per heavy atom. The van der Waals surface area contributed by atoms with Gasteiger partial charge < -0.3 is 0 Å². The summed E-state index contributed by atoms with van der Waals surface area (Å²) in [5.41, 5.74) is 6.16. The summed E-state index contributed by atoms with van der Waals surface area (Å²) in [7, 11) is 0. The zero-order valence-corrected chi connectivity index (χ0v) is 18.5. The van der Waals surface area contributed by atoms with Crippen molar-refractivity contribution in [2.24, 2.45) is 0 Å². The molecule has 1 heterocycles. The number of hydrogen-bond donors (Lipinski definition) is 0. The van der Waals surface area contributed by atoms with Gasteiger partial charge in [-0.05, 0) is 48.4 Å². The van der Waals surface area contributed by atoms with Crippen molar-refractivity contribution in [3.8, 4) is 22.4 Å². The van der Waals surface area contributed by atoms with E-state index in [0.717, 1.165) is 43.2 Å². The van der Waals surface area contributed by atoms with E-state index in [1.807, 2.05) is 24.3 Å². The molecule has 0 saturated heterocycles. The lowest BCUT2D eigenvalue weighted by Gasteiger charge is -2.08. The van der Waals surface area contributed by atoms with Gasteiger partial charge in [0.2, 0.25) is 5.95 Å². The van der Waals surface area contributed by atoms with Crippen LogP contribution in [0.15, 0.2) is 60.7 Å². The van der Waals surface area contributed by atoms with Crippen molar-refractivity contribution in [2.75, 3.05) is 0 Å². The Kier molecular flexibility index (Phi) is 8.62. The van der Waals surface area contributed by atoms with Crippen LogP contribution >= 0.6 is 0 Å². The summed E-state index contributed by atoms with van der Waals surface area (Å²) in [6.07, 6.45) is 10.4. The molecule has 0 spiro atoms. The number of hydrogen-bond acceptors (Lipinski definition) is 1. The van der Waals surface area contributed by atoms with Gasteiger partial charge in [0.05, 0.1) is 5.69 Å². The first-order chi connectivity index (χ1) is 14.7. The number of unbranched alkanes of at least 4 members (excludes halogenated alkanes) is 5. The maximum Gasteiger partial charge on any atom is 0.216 e. The number of pyridine rings is 1. The molecule has 0 aliphatic heterocycles. The molecule has 0 radical (unpaired) electrons. The van der Waals surface area contributed by atoms with Crippen LogP contribution in [-0.4, -0.2) is 4.98 Å². The van der Waals surface area contributed by atoms with Gasteiger partial charge in [0.25, 0.3) is 0 Å². The fourth-order valence-corrected chi connectivity index (χ4v) is 3.83. The van der Waals surface area contributed by atoms with Crippen LogP contribution in [0.4, 0.5) is 4.39 Å². The summed E-state index contributed by atoms with van der Waals surface area (Å²) in [6, 6.07) is 21.0. The molecule has 158 valence electrons. The average Bonchev–Trinajstić information content (AvgIpc) is 2.78. The third-order valence-electron chi connectivity index (χ3n) is 5.76. The second-order valence-electron chi connectivity index (χ2n) is 8.19. The molecule has 2 heteroatoms. The normalized spacial score (nSPS) is 11.0. The molecule has 1 nitrogen and oxygen atoms in total. The van der Waals surface area contributed by atoms with E-state index < -0.39 is 0 Å². The van der Waals surface area contributed by atoms with E-state index in [1.165, 1.54) is 42.4 Å². The molecule has 0 amide bonds. The maximum absolute atomic E-state index is 14.4. The van der Waals surface area contributed by atoms with Crippen molar-refractivity contribution < 1.29 is 4.39 Å². The van der Waals surface area contributed by atoms with Crippen molar-refractivity contribution in [2.45, 2.75) is 71.6 Å². The topological polar surface area (TPSA) is 12.9 Å². The van der Waals surface area contributed by atoms with E-state index in [2.05, 4.69) is 55.2 Å². The molecule has 0 N–H and O–H groups in total. The molecule has 30 heavy (non-hydrogen) atoms. The van der Waals surface area contributed by atoms with Crippen molar-refractivity contribution in [3.63, 3.8) is 0 Å². The lowest BCUT2D eigenvalue weighted by molar-refractivity contribution is 0.560. The first kappa shape index (κ1) is 22.2. The molecule has 3 rings (SSSR count). The fourth-order valence-electron chi connectivity index (χ4n) is 3.83. The minimum Gasteiger partial charge on any atom is -0.219 e. The van der Waals surface area contributed by atoms with Crippen molar-refractivity contribution >= 4 is 0 Å². The number of benzene rings is 2. The van der Waals surface area contributed by atoms with Crippen LogP contribution < -0.4 is 0 Å². The Balaban J connectivity index is 1.64. The zero-order valence-electron chi connectivity index (χ0n) is 18.5. The van der Waals surface area contributed by atoms with E-state index in [1.54, 1.807) is 0 Å². The summed E-state index contributed by atoms with van der Waals surface area (Å²) >= 11 is 0. The highest BCUT2D eigenvalue weighted by atomic mass is 19.1. The quantitative estimate of drug-likeness (QED) is 0.231. The molecule has 2 aromatic carbocycles.